The number of hydrogen-bond donors (Lipinski definition) is 3. The Morgan fingerprint density at radius 2 is 1.90 bits per heavy atom. The molecule has 0 heterocycles. The van der Waals surface area contributed by atoms with E-state index >= 15 is 0 Å². The van der Waals surface area contributed by atoms with E-state index in [1.165, 1.54) is 18.2 Å². The van der Waals surface area contributed by atoms with Crippen LogP contribution in [-0.2, 0) is 4.79 Å². The predicted molar refractivity (Wildman–Crippen MR) is 77.0 cm³/mol. The molecule has 1 aromatic carbocycles. The van der Waals surface area contributed by atoms with Crippen LogP contribution in [0.4, 0.5) is 5.69 Å². The molecule has 0 bridgehead atoms. The van der Waals surface area contributed by atoms with Crippen LogP contribution in [0.2, 0.25) is 5.02 Å². The second-order valence-electron chi connectivity index (χ2n) is 5.17. The monoisotopic (exact) mass is 296 g/mol. The van der Waals surface area contributed by atoms with Gasteiger partial charge in [0.05, 0.1) is 21.8 Å². The van der Waals surface area contributed by atoms with Gasteiger partial charge in [0.1, 0.15) is 0 Å². The van der Waals surface area contributed by atoms with E-state index in [0.29, 0.717) is 18.5 Å². The Morgan fingerprint density at radius 1 is 1.25 bits per heavy atom. The maximum atomic E-state index is 12.2. The minimum atomic E-state index is -1.06. The number of anilines is 1. The van der Waals surface area contributed by atoms with Gasteiger partial charge in [0.2, 0.25) is 5.91 Å². The third-order valence-corrected chi connectivity index (χ3v) is 3.97. The summed E-state index contributed by atoms with van der Waals surface area (Å²) in [6.45, 7) is 0. The summed E-state index contributed by atoms with van der Waals surface area (Å²) in [5.74, 6) is -1.32. The van der Waals surface area contributed by atoms with Gasteiger partial charge in [-0.05, 0) is 31.0 Å². The van der Waals surface area contributed by atoms with Gasteiger partial charge in [0.25, 0.3) is 0 Å². The van der Waals surface area contributed by atoms with E-state index in [9.17, 15) is 9.59 Å². The lowest BCUT2D eigenvalue weighted by Gasteiger charge is -2.31. The molecule has 4 N–H and O–H groups in total. The topological polar surface area (TPSA) is 92.4 Å². The summed E-state index contributed by atoms with van der Waals surface area (Å²) in [7, 11) is 0. The lowest BCUT2D eigenvalue weighted by Crippen LogP contribution is -2.52. The molecule has 5 nitrogen and oxygen atoms in total. The van der Waals surface area contributed by atoms with Gasteiger partial charge >= 0.3 is 5.97 Å². The molecule has 0 saturated heterocycles. The molecule has 1 saturated carbocycles. The quantitative estimate of drug-likeness (QED) is 0.799. The number of aromatic carboxylic acids is 1. The molecular weight excluding hydrogens is 280 g/mol. The van der Waals surface area contributed by atoms with E-state index in [-0.39, 0.29) is 16.5 Å². The molecule has 108 valence electrons. The first-order valence-electron chi connectivity index (χ1n) is 6.55. The summed E-state index contributed by atoms with van der Waals surface area (Å²) >= 11 is 5.98. The number of carbonyl (C=O) groups is 2. The summed E-state index contributed by atoms with van der Waals surface area (Å²) in [5, 5.41) is 11.8. The van der Waals surface area contributed by atoms with Gasteiger partial charge < -0.3 is 16.2 Å². The van der Waals surface area contributed by atoms with Gasteiger partial charge in [0, 0.05) is 0 Å². The maximum Gasteiger partial charge on any atom is 0.335 e. The van der Waals surface area contributed by atoms with Crippen molar-refractivity contribution >= 4 is 29.2 Å². The number of benzene rings is 1. The van der Waals surface area contributed by atoms with Crippen LogP contribution in [0.3, 0.4) is 0 Å². The average Bonchev–Trinajstić information content (AvgIpc) is 2.41. The molecule has 1 aliphatic rings. The number of halogens is 1. The molecule has 6 heteroatoms. The highest BCUT2D eigenvalue weighted by molar-refractivity contribution is 6.34. The van der Waals surface area contributed by atoms with Gasteiger partial charge in [0.15, 0.2) is 0 Å². The van der Waals surface area contributed by atoms with Crippen LogP contribution in [0.5, 0.6) is 0 Å². The number of carboxylic acid groups (broad SMARTS) is 1. The molecule has 1 aromatic rings. The van der Waals surface area contributed by atoms with Crippen molar-refractivity contribution in [2.24, 2.45) is 5.73 Å². The number of carboxylic acids is 1. The molecule has 2 rings (SSSR count). The smallest absolute Gasteiger partial charge is 0.335 e. The first kappa shape index (κ1) is 14.8. The molecule has 1 amide bonds. The van der Waals surface area contributed by atoms with Crippen molar-refractivity contribution in [3.8, 4) is 0 Å². The summed E-state index contributed by atoms with van der Waals surface area (Å²) in [5.41, 5.74) is 5.74. The molecule has 0 radical (unpaired) electrons. The van der Waals surface area contributed by atoms with Crippen molar-refractivity contribution in [1.29, 1.82) is 0 Å². The Bertz CT molecular complexity index is 539. The molecule has 0 unspecified atom stereocenters. The average molecular weight is 297 g/mol. The molecule has 0 atom stereocenters. The zero-order valence-electron chi connectivity index (χ0n) is 11.0. The Labute approximate surface area is 122 Å². The molecule has 1 fully saturated rings. The maximum absolute atomic E-state index is 12.2. The summed E-state index contributed by atoms with van der Waals surface area (Å²) in [4.78, 5) is 23.1. The summed E-state index contributed by atoms with van der Waals surface area (Å²) < 4.78 is 0. The van der Waals surface area contributed by atoms with E-state index in [1.807, 2.05) is 0 Å². The SMILES string of the molecule is NC1(C(=O)Nc2ccc(C(=O)O)cc2Cl)CCCCC1. The van der Waals surface area contributed by atoms with Crippen molar-refractivity contribution < 1.29 is 14.7 Å². The largest absolute Gasteiger partial charge is 0.478 e. The normalized spacial score (nSPS) is 17.5. The lowest BCUT2D eigenvalue weighted by molar-refractivity contribution is -0.122. The fraction of sp³-hybridized carbons (Fsp3) is 0.429. The second-order valence-corrected chi connectivity index (χ2v) is 5.58. The van der Waals surface area contributed by atoms with Crippen molar-refractivity contribution in [2.75, 3.05) is 5.32 Å². The highest BCUT2D eigenvalue weighted by atomic mass is 35.5. The van der Waals surface area contributed by atoms with Gasteiger partial charge in [-0.1, -0.05) is 30.9 Å². The van der Waals surface area contributed by atoms with Crippen molar-refractivity contribution in [1.82, 2.24) is 0 Å². The van der Waals surface area contributed by atoms with Crippen molar-refractivity contribution in [3.63, 3.8) is 0 Å². The Hall–Kier alpha value is -1.59. The van der Waals surface area contributed by atoms with Crippen LogP contribution in [0.15, 0.2) is 18.2 Å². The highest BCUT2D eigenvalue weighted by Gasteiger charge is 2.35. The first-order chi connectivity index (χ1) is 9.42. The number of nitrogens with one attached hydrogen (secondary N) is 1. The van der Waals surface area contributed by atoms with E-state index in [2.05, 4.69) is 5.32 Å². The minimum Gasteiger partial charge on any atom is -0.478 e. The zero-order valence-corrected chi connectivity index (χ0v) is 11.7. The van der Waals surface area contributed by atoms with Gasteiger partial charge in [-0.15, -0.1) is 0 Å². The van der Waals surface area contributed by atoms with E-state index in [1.54, 1.807) is 0 Å². The van der Waals surface area contributed by atoms with Crippen LogP contribution in [0.25, 0.3) is 0 Å². The first-order valence-corrected chi connectivity index (χ1v) is 6.93. The van der Waals surface area contributed by atoms with Crippen LogP contribution in [0, 0.1) is 0 Å². The highest BCUT2D eigenvalue weighted by Crippen LogP contribution is 2.29. The van der Waals surface area contributed by atoms with Gasteiger partial charge in [-0.2, -0.15) is 0 Å². The third kappa shape index (κ3) is 3.11. The zero-order chi connectivity index (χ0) is 14.8. The van der Waals surface area contributed by atoms with Crippen LogP contribution >= 0.6 is 11.6 Å². The number of hydrogen-bond acceptors (Lipinski definition) is 3. The molecule has 20 heavy (non-hydrogen) atoms. The third-order valence-electron chi connectivity index (χ3n) is 3.66. The predicted octanol–water partition coefficient (Wildman–Crippen LogP) is 2.64. The van der Waals surface area contributed by atoms with E-state index < -0.39 is 11.5 Å². The number of rotatable bonds is 3. The Morgan fingerprint density at radius 3 is 2.45 bits per heavy atom. The van der Waals surface area contributed by atoms with Gasteiger partial charge in [-0.25, -0.2) is 4.79 Å². The van der Waals surface area contributed by atoms with E-state index in [4.69, 9.17) is 22.4 Å². The molecular formula is C14H17ClN2O3. The van der Waals surface area contributed by atoms with Crippen LogP contribution in [0.1, 0.15) is 42.5 Å². The van der Waals surface area contributed by atoms with Crippen molar-refractivity contribution in [2.45, 2.75) is 37.6 Å². The minimum absolute atomic E-state index is 0.0770. The lowest BCUT2D eigenvalue weighted by atomic mass is 9.82. The Balaban J connectivity index is 2.13. The van der Waals surface area contributed by atoms with Crippen LogP contribution < -0.4 is 11.1 Å². The van der Waals surface area contributed by atoms with E-state index in [0.717, 1.165) is 19.3 Å². The van der Waals surface area contributed by atoms with Crippen molar-refractivity contribution in [3.05, 3.63) is 28.8 Å². The number of carbonyl (C=O) groups excluding carboxylic acids is 1. The fourth-order valence-electron chi connectivity index (χ4n) is 2.41. The standard InChI is InChI=1S/C14H17ClN2O3/c15-10-8-9(12(18)19)4-5-11(10)17-13(20)14(16)6-2-1-3-7-14/h4-5,8H,1-3,6-7,16H2,(H,17,20)(H,18,19). The molecule has 0 spiro atoms. The molecule has 1 aliphatic carbocycles. The summed E-state index contributed by atoms with van der Waals surface area (Å²) in [6, 6.07) is 4.19. The number of nitrogens with two attached hydrogens (primary N) is 1. The van der Waals surface area contributed by atoms with Crippen LogP contribution in [-0.4, -0.2) is 22.5 Å². The number of amides is 1. The second kappa shape index (κ2) is 5.81. The summed E-state index contributed by atoms with van der Waals surface area (Å²) in [6.07, 6.45) is 4.29. The Kier molecular flexibility index (Phi) is 4.30. The van der Waals surface area contributed by atoms with Gasteiger partial charge in [-0.3, -0.25) is 4.79 Å². The molecule has 0 aromatic heterocycles. The molecule has 0 aliphatic heterocycles. The fourth-order valence-corrected chi connectivity index (χ4v) is 2.63.